The molecule has 182 valence electrons. The minimum Gasteiger partial charge on any atom is -0.328 e. The van der Waals surface area contributed by atoms with Crippen molar-refractivity contribution in [2.75, 3.05) is 10.6 Å². The number of nitrogens with zero attached hydrogens (tertiary/aromatic N) is 3. The Balaban J connectivity index is 1.49. The summed E-state index contributed by atoms with van der Waals surface area (Å²) in [5, 5.41) is 11.2. The van der Waals surface area contributed by atoms with Gasteiger partial charge in [0.05, 0.1) is 5.57 Å². The summed E-state index contributed by atoms with van der Waals surface area (Å²) in [6, 6.07) is 19.4. The monoisotopic (exact) mass is 503 g/mol. The smallest absolute Gasteiger partial charge is 0.255 e. The number of aryl methyl sites for hydroxylation is 1. The summed E-state index contributed by atoms with van der Waals surface area (Å²) in [6.45, 7) is 3.75. The van der Waals surface area contributed by atoms with Gasteiger partial charge in [0.1, 0.15) is 17.7 Å². The molecule has 1 amide bonds. The third-order valence-electron chi connectivity index (χ3n) is 5.85. The van der Waals surface area contributed by atoms with Gasteiger partial charge in [-0.2, -0.15) is 4.98 Å². The molecule has 0 saturated carbocycles. The van der Waals surface area contributed by atoms with Gasteiger partial charge in [0.25, 0.3) is 5.91 Å². The van der Waals surface area contributed by atoms with Crippen molar-refractivity contribution >= 4 is 29.3 Å². The fourth-order valence-corrected chi connectivity index (χ4v) is 4.93. The Hall–Kier alpha value is -3.98. The number of carbonyl (C=O) groups is 1. The van der Waals surface area contributed by atoms with Gasteiger partial charge in [0, 0.05) is 17.1 Å². The zero-order valence-corrected chi connectivity index (χ0v) is 20.4. The Kier molecular flexibility index (Phi) is 6.56. The van der Waals surface area contributed by atoms with E-state index in [0.717, 1.165) is 5.56 Å². The number of hydrogen-bond acceptors (Lipinski definition) is 5. The van der Waals surface area contributed by atoms with Crippen LogP contribution >= 0.6 is 11.8 Å². The zero-order chi connectivity index (χ0) is 25.2. The molecule has 0 aliphatic carbocycles. The second-order valence-electron chi connectivity index (χ2n) is 8.48. The van der Waals surface area contributed by atoms with E-state index in [1.165, 1.54) is 30.0 Å². The molecule has 36 heavy (non-hydrogen) atoms. The van der Waals surface area contributed by atoms with Crippen molar-refractivity contribution in [2.45, 2.75) is 30.8 Å². The summed E-state index contributed by atoms with van der Waals surface area (Å²) in [6.07, 6.45) is 0. The standard InChI is InChI=1S/C27H23F2N5OS/c1-16-6-5-8-21(14-16)31-25(35)23-17(2)30-26-32-27(36-15-19-7-3-4-9-22(19)29)33-34(26)24(23)18-10-12-20(28)13-11-18/h3-14,24H,15H2,1-2H3,(H,31,35)(H,30,32,33). The van der Waals surface area contributed by atoms with Crippen molar-refractivity contribution in [3.05, 3.63) is 112 Å². The van der Waals surface area contributed by atoms with Gasteiger partial charge in [-0.3, -0.25) is 4.79 Å². The van der Waals surface area contributed by atoms with Crippen molar-refractivity contribution in [3.8, 4) is 0 Å². The molecule has 0 bridgehead atoms. The predicted octanol–water partition coefficient (Wildman–Crippen LogP) is 6.08. The number of aromatic nitrogens is 3. The highest BCUT2D eigenvalue weighted by molar-refractivity contribution is 7.98. The van der Waals surface area contributed by atoms with E-state index < -0.39 is 6.04 Å². The van der Waals surface area contributed by atoms with Gasteiger partial charge in [0.15, 0.2) is 0 Å². The van der Waals surface area contributed by atoms with Crippen LogP contribution in [-0.4, -0.2) is 20.7 Å². The first-order valence-electron chi connectivity index (χ1n) is 11.3. The summed E-state index contributed by atoms with van der Waals surface area (Å²) >= 11 is 1.29. The van der Waals surface area contributed by atoms with Crippen LogP contribution in [0.25, 0.3) is 0 Å². The molecule has 3 aromatic carbocycles. The molecule has 9 heteroatoms. The minimum absolute atomic E-state index is 0.288. The van der Waals surface area contributed by atoms with E-state index in [-0.39, 0.29) is 17.5 Å². The van der Waals surface area contributed by atoms with E-state index in [9.17, 15) is 13.6 Å². The highest BCUT2D eigenvalue weighted by Gasteiger charge is 2.34. The Morgan fingerprint density at radius 2 is 1.83 bits per heavy atom. The van der Waals surface area contributed by atoms with Gasteiger partial charge in [-0.1, -0.05) is 54.2 Å². The number of hydrogen-bond donors (Lipinski definition) is 2. The van der Waals surface area contributed by atoms with Crippen molar-refractivity contribution < 1.29 is 13.6 Å². The molecular weight excluding hydrogens is 480 g/mol. The minimum atomic E-state index is -0.637. The van der Waals surface area contributed by atoms with Gasteiger partial charge < -0.3 is 10.6 Å². The summed E-state index contributed by atoms with van der Waals surface area (Å²) in [7, 11) is 0. The van der Waals surface area contributed by atoms with Crippen molar-refractivity contribution in [2.24, 2.45) is 0 Å². The van der Waals surface area contributed by atoms with E-state index in [2.05, 4.69) is 20.7 Å². The molecule has 0 spiro atoms. The largest absolute Gasteiger partial charge is 0.328 e. The molecule has 6 nitrogen and oxygen atoms in total. The number of benzene rings is 3. The molecule has 0 fully saturated rings. The molecule has 0 saturated heterocycles. The maximum absolute atomic E-state index is 14.1. The van der Waals surface area contributed by atoms with Gasteiger partial charge in [0.2, 0.25) is 11.1 Å². The van der Waals surface area contributed by atoms with E-state index >= 15 is 0 Å². The molecule has 1 unspecified atom stereocenters. The average molecular weight is 504 g/mol. The number of nitrogens with one attached hydrogen (secondary N) is 2. The molecule has 1 aliphatic heterocycles. The molecule has 1 aliphatic rings. The van der Waals surface area contributed by atoms with Crippen LogP contribution < -0.4 is 10.6 Å². The Morgan fingerprint density at radius 1 is 1.06 bits per heavy atom. The Morgan fingerprint density at radius 3 is 2.58 bits per heavy atom. The number of allylic oxidation sites excluding steroid dienone is 1. The Labute approximate surface area is 211 Å². The molecule has 2 heterocycles. The SMILES string of the molecule is CC1=C(C(=O)Nc2cccc(C)c2)C(c2ccc(F)cc2)n2nc(SCc3ccccc3F)nc2N1. The lowest BCUT2D eigenvalue weighted by Gasteiger charge is -2.28. The highest BCUT2D eigenvalue weighted by Crippen LogP contribution is 2.37. The second-order valence-corrected chi connectivity index (χ2v) is 9.43. The maximum atomic E-state index is 14.1. The predicted molar refractivity (Wildman–Crippen MR) is 137 cm³/mol. The van der Waals surface area contributed by atoms with E-state index in [1.54, 1.807) is 41.9 Å². The quantitative estimate of drug-likeness (QED) is 0.312. The zero-order valence-electron chi connectivity index (χ0n) is 19.6. The van der Waals surface area contributed by atoms with Crippen LogP contribution in [0.15, 0.2) is 89.2 Å². The average Bonchev–Trinajstić information content (AvgIpc) is 3.25. The van der Waals surface area contributed by atoms with Gasteiger partial charge in [-0.05, 0) is 60.9 Å². The summed E-state index contributed by atoms with van der Waals surface area (Å²) in [5.41, 5.74) is 3.97. The lowest BCUT2D eigenvalue weighted by atomic mass is 9.95. The van der Waals surface area contributed by atoms with Gasteiger partial charge in [-0.15, -0.1) is 5.10 Å². The van der Waals surface area contributed by atoms with Gasteiger partial charge in [-0.25, -0.2) is 13.5 Å². The van der Waals surface area contributed by atoms with Crippen molar-refractivity contribution in [3.63, 3.8) is 0 Å². The third kappa shape index (κ3) is 4.87. The number of halogens is 2. The van der Waals surface area contributed by atoms with Crippen LogP contribution in [0.4, 0.5) is 20.4 Å². The fraction of sp³-hybridized carbons (Fsp3) is 0.148. The lowest BCUT2D eigenvalue weighted by Crippen LogP contribution is -2.31. The highest BCUT2D eigenvalue weighted by atomic mass is 32.2. The summed E-state index contributed by atoms with van der Waals surface area (Å²) in [5.74, 6) is -0.167. The third-order valence-corrected chi connectivity index (χ3v) is 6.74. The van der Waals surface area contributed by atoms with Crippen LogP contribution in [-0.2, 0) is 10.5 Å². The van der Waals surface area contributed by atoms with Crippen molar-refractivity contribution in [1.82, 2.24) is 14.8 Å². The van der Waals surface area contributed by atoms with Crippen LogP contribution in [0, 0.1) is 18.6 Å². The molecule has 2 N–H and O–H groups in total. The van der Waals surface area contributed by atoms with Crippen LogP contribution in [0.2, 0.25) is 0 Å². The topological polar surface area (TPSA) is 71.8 Å². The lowest BCUT2D eigenvalue weighted by molar-refractivity contribution is -0.113. The maximum Gasteiger partial charge on any atom is 0.255 e. The molecule has 4 aromatic rings. The Bertz CT molecular complexity index is 1470. The number of fused-ring (bicyclic) bond motifs is 1. The first-order valence-corrected chi connectivity index (χ1v) is 12.3. The molecule has 1 aromatic heterocycles. The van der Waals surface area contributed by atoms with E-state index in [1.807, 2.05) is 31.2 Å². The number of carbonyl (C=O) groups excluding carboxylic acids is 1. The van der Waals surface area contributed by atoms with Crippen LogP contribution in [0.3, 0.4) is 0 Å². The summed E-state index contributed by atoms with van der Waals surface area (Å²) in [4.78, 5) is 18.1. The number of amides is 1. The molecule has 1 atom stereocenters. The molecule has 0 radical (unpaired) electrons. The first-order chi connectivity index (χ1) is 17.4. The molecule has 5 rings (SSSR count). The first kappa shape index (κ1) is 23.7. The van der Waals surface area contributed by atoms with E-state index in [4.69, 9.17) is 0 Å². The second kappa shape index (κ2) is 9.94. The normalized spacial score (nSPS) is 14.8. The van der Waals surface area contributed by atoms with E-state index in [0.29, 0.717) is 44.9 Å². The van der Waals surface area contributed by atoms with Crippen molar-refractivity contribution in [1.29, 1.82) is 0 Å². The number of thioether (sulfide) groups is 1. The molecular formula is C27H23F2N5OS. The number of anilines is 2. The number of rotatable bonds is 6. The fourth-order valence-electron chi connectivity index (χ4n) is 4.12. The summed E-state index contributed by atoms with van der Waals surface area (Å²) < 4.78 is 29.4. The van der Waals surface area contributed by atoms with Crippen LogP contribution in [0.5, 0.6) is 0 Å². The van der Waals surface area contributed by atoms with Gasteiger partial charge >= 0.3 is 0 Å². The van der Waals surface area contributed by atoms with Crippen LogP contribution in [0.1, 0.15) is 29.7 Å².